The molecule has 5 rings (SSSR count). The minimum Gasteiger partial charge on any atom is -0.385 e. The fraction of sp³-hybridized carbons (Fsp3) is 0.321. The molecule has 4 aromatic rings. The highest BCUT2D eigenvalue weighted by Crippen LogP contribution is 2.35. The number of aromatic amines is 1. The molecule has 1 fully saturated rings. The second kappa shape index (κ2) is 12.3. The summed E-state index contributed by atoms with van der Waals surface area (Å²) in [5.41, 5.74) is 2.29. The summed E-state index contributed by atoms with van der Waals surface area (Å²) in [5.74, 6) is 0.275. The molecule has 11 nitrogen and oxygen atoms in total. The molecule has 1 aliphatic rings. The van der Waals surface area contributed by atoms with E-state index < -0.39 is 11.7 Å². The number of hydrogen-bond acceptors (Lipinski definition) is 9. The van der Waals surface area contributed by atoms with Gasteiger partial charge >= 0.3 is 0 Å². The summed E-state index contributed by atoms with van der Waals surface area (Å²) in [5, 5.41) is 6.06. The predicted octanol–water partition coefficient (Wildman–Crippen LogP) is 4.02. The standard InChI is InChI=1S/C28H30FN7O4/c1-28(26(37)31-11-3-15-38-2)16-39-25(40-17-28)24-35-22(18-4-6-19(29)7-5-18)23(36-24)21-10-14-32-27(34-21)33-20-8-12-30-13-9-20/h4-10,12-14,25H,3,11,15-17H2,1-2H3,(H,31,37)(H,35,36)(H,30,32,33,34). The predicted molar refractivity (Wildman–Crippen MR) is 145 cm³/mol. The number of imidazole rings is 1. The van der Waals surface area contributed by atoms with Gasteiger partial charge in [-0.15, -0.1) is 0 Å². The number of aromatic nitrogens is 5. The number of H-pyrrole nitrogens is 1. The Morgan fingerprint density at radius 1 is 1.10 bits per heavy atom. The van der Waals surface area contributed by atoms with Gasteiger partial charge in [0.1, 0.15) is 5.82 Å². The molecule has 0 atom stereocenters. The van der Waals surface area contributed by atoms with E-state index in [0.29, 0.717) is 54.0 Å². The van der Waals surface area contributed by atoms with Crippen molar-refractivity contribution < 1.29 is 23.4 Å². The lowest BCUT2D eigenvalue weighted by atomic mass is 9.91. The number of carbonyl (C=O) groups excluding carboxylic acids is 1. The van der Waals surface area contributed by atoms with Crippen LogP contribution in [0.1, 0.15) is 25.5 Å². The molecule has 1 amide bonds. The summed E-state index contributed by atoms with van der Waals surface area (Å²) in [4.78, 5) is 33.8. The molecule has 0 bridgehead atoms. The van der Waals surface area contributed by atoms with Crippen LogP contribution in [0.2, 0.25) is 0 Å². The average Bonchev–Trinajstić information content (AvgIpc) is 3.42. The van der Waals surface area contributed by atoms with Gasteiger partial charge in [0.05, 0.1) is 35.7 Å². The summed E-state index contributed by atoms with van der Waals surface area (Å²) in [6.07, 6.45) is 4.84. The first-order chi connectivity index (χ1) is 19.4. The average molecular weight is 548 g/mol. The van der Waals surface area contributed by atoms with Crippen LogP contribution in [-0.4, -0.2) is 64.3 Å². The maximum atomic E-state index is 13.7. The van der Waals surface area contributed by atoms with Crippen molar-refractivity contribution in [3.8, 4) is 22.6 Å². The van der Waals surface area contributed by atoms with E-state index in [1.54, 1.807) is 63.0 Å². The van der Waals surface area contributed by atoms with Crippen LogP contribution >= 0.6 is 0 Å². The maximum absolute atomic E-state index is 13.7. The second-order valence-electron chi connectivity index (χ2n) is 9.60. The van der Waals surface area contributed by atoms with Crippen LogP contribution in [0.4, 0.5) is 16.0 Å². The zero-order chi connectivity index (χ0) is 28.0. The Labute approximate surface area is 230 Å². The van der Waals surface area contributed by atoms with Crippen molar-refractivity contribution in [2.24, 2.45) is 5.41 Å². The Morgan fingerprint density at radius 2 is 1.85 bits per heavy atom. The van der Waals surface area contributed by atoms with Crippen LogP contribution < -0.4 is 10.6 Å². The Morgan fingerprint density at radius 3 is 2.58 bits per heavy atom. The van der Waals surface area contributed by atoms with Gasteiger partial charge in [-0.3, -0.25) is 9.78 Å². The number of pyridine rings is 1. The van der Waals surface area contributed by atoms with Gasteiger partial charge in [-0.2, -0.15) is 0 Å². The normalized spacial score (nSPS) is 18.8. The molecule has 208 valence electrons. The van der Waals surface area contributed by atoms with Gasteiger partial charge in [0.15, 0.2) is 5.82 Å². The molecule has 1 aliphatic heterocycles. The summed E-state index contributed by atoms with van der Waals surface area (Å²) >= 11 is 0. The number of methoxy groups -OCH3 is 1. The van der Waals surface area contributed by atoms with E-state index in [-0.39, 0.29) is 24.9 Å². The number of nitrogens with one attached hydrogen (secondary N) is 3. The fourth-order valence-corrected chi connectivity index (χ4v) is 4.16. The zero-order valence-electron chi connectivity index (χ0n) is 22.2. The van der Waals surface area contributed by atoms with E-state index in [2.05, 4.69) is 30.6 Å². The van der Waals surface area contributed by atoms with Crippen molar-refractivity contribution in [3.63, 3.8) is 0 Å². The zero-order valence-corrected chi connectivity index (χ0v) is 22.2. The second-order valence-corrected chi connectivity index (χ2v) is 9.60. The van der Waals surface area contributed by atoms with Gasteiger partial charge < -0.3 is 29.8 Å². The highest BCUT2D eigenvalue weighted by molar-refractivity contribution is 5.82. The SMILES string of the molecule is COCCCNC(=O)C1(C)COC(c2nc(-c3ccc(F)cc3)c(-c3ccnc(Nc4ccncc4)n3)[nH]2)OC1. The van der Waals surface area contributed by atoms with Gasteiger partial charge in [0, 0.05) is 50.1 Å². The number of rotatable bonds is 10. The Bertz CT molecular complexity index is 1420. The molecular formula is C28H30FN7O4. The number of anilines is 2. The monoisotopic (exact) mass is 547 g/mol. The van der Waals surface area contributed by atoms with Crippen LogP contribution in [0.3, 0.4) is 0 Å². The third-order valence-corrected chi connectivity index (χ3v) is 6.38. The summed E-state index contributed by atoms with van der Waals surface area (Å²) < 4.78 is 30.7. The number of hydrogen-bond donors (Lipinski definition) is 3. The third kappa shape index (κ3) is 6.30. The number of ether oxygens (including phenoxy) is 3. The first-order valence-electron chi connectivity index (χ1n) is 12.8. The lowest BCUT2D eigenvalue weighted by Gasteiger charge is -2.35. The van der Waals surface area contributed by atoms with Crippen LogP contribution in [0.5, 0.6) is 0 Å². The van der Waals surface area contributed by atoms with Crippen LogP contribution in [0, 0.1) is 11.2 Å². The Kier molecular flexibility index (Phi) is 8.39. The largest absolute Gasteiger partial charge is 0.385 e. The highest BCUT2D eigenvalue weighted by Gasteiger charge is 2.40. The first kappa shape index (κ1) is 27.3. The maximum Gasteiger partial charge on any atom is 0.230 e. The highest BCUT2D eigenvalue weighted by atomic mass is 19.1. The third-order valence-electron chi connectivity index (χ3n) is 6.38. The minimum atomic E-state index is -0.848. The smallest absolute Gasteiger partial charge is 0.230 e. The number of halogens is 1. The molecule has 0 spiro atoms. The summed E-state index contributed by atoms with van der Waals surface area (Å²) in [7, 11) is 1.62. The lowest BCUT2D eigenvalue weighted by Crippen LogP contribution is -2.48. The molecule has 12 heteroatoms. The Hall–Kier alpha value is -4.26. The minimum absolute atomic E-state index is 0.142. The molecule has 1 saturated heterocycles. The van der Waals surface area contributed by atoms with Crippen molar-refractivity contribution in [1.29, 1.82) is 0 Å². The quantitative estimate of drug-likeness (QED) is 0.252. The molecule has 3 aromatic heterocycles. The van der Waals surface area contributed by atoms with E-state index in [1.807, 2.05) is 0 Å². The van der Waals surface area contributed by atoms with Gasteiger partial charge in [-0.05, 0) is 55.8 Å². The van der Waals surface area contributed by atoms with E-state index in [0.717, 1.165) is 5.69 Å². The number of benzene rings is 1. The summed E-state index contributed by atoms with van der Waals surface area (Å²) in [6, 6.07) is 11.4. The van der Waals surface area contributed by atoms with E-state index >= 15 is 0 Å². The number of carbonyl (C=O) groups is 1. The topological polar surface area (TPSA) is 136 Å². The molecule has 0 saturated carbocycles. The fourth-order valence-electron chi connectivity index (χ4n) is 4.16. The number of nitrogens with zero attached hydrogens (tertiary/aromatic N) is 4. The van der Waals surface area contributed by atoms with Gasteiger partial charge in [-0.1, -0.05) is 0 Å². The van der Waals surface area contributed by atoms with Crippen molar-refractivity contribution in [3.05, 3.63) is 72.7 Å². The van der Waals surface area contributed by atoms with Crippen molar-refractivity contribution in [2.45, 2.75) is 19.6 Å². The molecule has 40 heavy (non-hydrogen) atoms. The molecule has 0 radical (unpaired) electrons. The Balaban J connectivity index is 1.38. The number of amides is 1. The van der Waals surface area contributed by atoms with Gasteiger partial charge in [-0.25, -0.2) is 19.3 Å². The van der Waals surface area contributed by atoms with Crippen molar-refractivity contribution in [1.82, 2.24) is 30.2 Å². The molecular weight excluding hydrogens is 517 g/mol. The molecule has 3 N–H and O–H groups in total. The first-order valence-corrected chi connectivity index (χ1v) is 12.8. The van der Waals surface area contributed by atoms with Gasteiger partial charge in [0.25, 0.3) is 0 Å². The molecule has 1 aromatic carbocycles. The van der Waals surface area contributed by atoms with Crippen LogP contribution in [0.15, 0.2) is 61.1 Å². The van der Waals surface area contributed by atoms with E-state index in [1.165, 1.54) is 12.1 Å². The van der Waals surface area contributed by atoms with Crippen LogP contribution in [0.25, 0.3) is 22.6 Å². The molecule has 4 heterocycles. The van der Waals surface area contributed by atoms with E-state index in [4.69, 9.17) is 19.2 Å². The van der Waals surface area contributed by atoms with Crippen LogP contribution in [-0.2, 0) is 19.0 Å². The lowest BCUT2D eigenvalue weighted by molar-refractivity contribution is -0.231. The van der Waals surface area contributed by atoms with Crippen molar-refractivity contribution in [2.75, 3.05) is 38.8 Å². The van der Waals surface area contributed by atoms with Crippen molar-refractivity contribution >= 4 is 17.5 Å². The van der Waals surface area contributed by atoms with E-state index in [9.17, 15) is 9.18 Å². The molecule has 0 aliphatic carbocycles. The molecule has 0 unspecified atom stereocenters. The summed E-state index contributed by atoms with van der Waals surface area (Å²) in [6.45, 7) is 3.15. The van der Waals surface area contributed by atoms with Gasteiger partial charge in [0.2, 0.25) is 18.1 Å².